The minimum atomic E-state index is -3.89. The van der Waals surface area contributed by atoms with Gasteiger partial charge in [0.2, 0.25) is 0 Å². The molecule has 0 spiro atoms. The third-order valence-electron chi connectivity index (χ3n) is 5.11. The molecule has 2 N–H and O–H groups in total. The van der Waals surface area contributed by atoms with Crippen LogP contribution in [-0.4, -0.2) is 46.7 Å². The summed E-state index contributed by atoms with van der Waals surface area (Å²) in [7, 11) is -3.89. The summed E-state index contributed by atoms with van der Waals surface area (Å²) >= 11 is 0. The van der Waals surface area contributed by atoms with E-state index in [9.17, 15) is 18.0 Å². The smallest absolute Gasteiger partial charge is 0.338 e. The quantitative estimate of drug-likeness (QED) is 0.437. The number of carbonyl (C=O) groups is 2. The number of rotatable bonds is 9. The minimum absolute atomic E-state index is 0.0171. The number of nitrogens with one attached hydrogen (secondary N) is 2. The maximum absolute atomic E-state index is 12.7. The number of amides is 1. The van der Waals surface area contributed by atoms with Crippen LogP contribution in [0.1, 0.15) is 15.9 Å². The van der Waals surface area contributed by atoms with Gasteiger partial charge in [-0.1, -0.05) is 30.3 Å². The second-order valence-corrected chi connectivity index (χ2v) is 9.33. The van der Waals surface area contributed by atoms with Gasteiger partial charge in [0.05, 0.1) is 10.5 Å². The fraction of sp³-hybridized carbons (Fsp3) is 0.200. The average Bonchev–Trinajstić information content (AvgIpc) is 2.88. The molecule has 1 aliphatic rings. The second kappa shape index (κ2) is 10.9. The molecule has 0 unspecified atom stereocenters. The minimum Gasteiger partial charge on any atom is -0.486 e. The SMILES string of the molecule is O=C(COC(=O)c1ccc(NS(=O)(=O)c2ccc3c(c2)OCCO3)cc1)NCCc1ccccc1. The summed E-state index contributed by atoms with van der Waals surface area (Å²) in [6, 6.07) is 19.8. The van der Waals surface area contributed by atoms with Crippen LogP contribution in [0.4, 0.5) is 5.69 Å². The van der Waals surface area contributed by atoms with Crippen molar-refractivity contribution in [2.75, 3.05) is 31.1 Å². The Labute approximate surface area is 203 Å². The summed E-state index contributed by atoms with van der Waals surface area (Å²) in [5.41, 5.74) is 1.54. The predicted octanol–water partition coefficient (Wildman–Crippen LogP) is 2.77. The number of hydrogen-bond acceptors (Lipinski definition) is 7. The van der Waals surface area contributed by atoms with Crippen molar-refractivity contribution in [2.24, 2.45) is 0 Å². The third-order valence-corrected chi connectivity index (χ3v) is 6.49. The van der Waals surface area contributed by atoms with E-state index in [1.54, 1.807) is 6.07 Å². The van der Waals surface area contributed by atoms with Gasteiger partial charge >= 0.3 is 5.97 Å². The van der Waals surface area contributed by atoms with Gasteiger partial charge < -0.3 is 19.5 Å². The van der Waals surface area contributed by atoms with Gasteiger partial charge in [0.1, 0.15) is 13.2 Å². The molecule has 0 aromatic heterocycles. The van der Waals surface area contributed by atoms with Crippen molar-refractivity contribution in [3.05, 3.63) is 83.9 Å². The van der Waals surface area contributed by atoms with Gasteiger partial charge in [-0.25, -0.2) is 13.2 Å². The normalized spacial score (nSPS) is 12.5. The van der Waals surface area contributed by atoms with Gasteiger partial charge in [-0.15, -0.1) is 0 Å². The molecule has 9 nitrogen and oxygen atoms in total. The van der Waals surface area contributed by atoms with E-state index in [0.29, 0.717) is 37.7 Å². The highest BCUT2D eigenvalue weighted by Gasteiger charge is 2.20. The van der Waals surface area contributed by atoms with Crippen LogP contribution in [0, 0.1) is 0 Å². The number of sulfonamides is 1. The molecule has 1 aliphatic heterocycles. The zero-order valence-corrected chi connectivity index (χ0v) is 19.5. The first kappa shape index (κ1) is 24.1. The van der Waals surface area contributed by atoms with E-state index in [4.69, 9.17) is 14.2 Å². The number of anilines is 1. The van der Waals surface area contributed by atoms with Gasteiger partial charge in [0.15, 0.2) is 18.1 Å². The van der Waals surface area contributed by atoms with E-state index in [0.717, 1.165) is 5.56 Å². The Morgan fingerprint density at radius 1 is 0.886 bits per heavy atom. The molecular weight excluding hydrogens is 472 g/mol. The van der Waals surface area contributed by atoms with Crippen LogP contribution in [0.3, 0.4) is 0 Å². The molecule has 0 bridgehead atoms. The molecule has 10 heteroatoms. The largest absolute Gasteiger partial charge is 0.486 e. The predicted molar refractivity (Wildman–Crippen MR) is 128 cm³/mol. The van der Waals surface area contributed by atoms with Crippen molar-refractivity contribution in [2.45, 2.75) is 11.3 Å². The molecule has 0 saturated heterocycles. The van der Waals surface area contributed by atoms with Gasteiger partial charge in [0, 0.05) is 18.3 Å². The van der Waals surface area contributed by atoms with Crippen LogP contribution in [-0.2, 0) is 26.0 Å². The maximum Gasteiger partial charge on any atom is 0.338 e. The summed E-state index contributed by atoms with van der Waals surface area (Å²) in [6.45, 7) is 0.770. The third kappa shape index (κ3) is 6.51. The van der Waals surface area contributed by atoms with Crippen LogP contribution in [0.2, 0.25) is 0 Å². The zero-order chi connectivity index (χ0) is 24.7. The summed E-state index contributed by atoms with van der Waals surface area (Å²) in [6.07, 6.45) is 0.671. The van der Waals surface area contributed by atoms with Gasteiger partial charge in [0.25, 0.3) is 15.9 Å². The summed E-state index contributed by atoms with van der Waals surface area (Å²) < 4.78 is 43.8. The van der Waals surface area contributed by atoms with Crippen LogP contribution < -0.4 is 19.5 Å². The maximum atomic E-state index is 12.7. The molecule has 182 valence electrons. The highest BCUT2D eigenvalue weighted by Crippen LogP contribution is 2.32. The van der Waals surface area contributed by atoms with Gasteiger partial charge in [-0.3, -0.25) is 9.52 Å². The van der Waals surface area contributed by atoms with Crippen molar-refractivity contribution in [3.8, 4) is 11.5 Å². The molecule has 3 aromatic rings. The number of carbonyl (C=O) groups excluding carboxylic acids is 2. The van der Waals surface area contributed by atoms with E-state index >= 15 is 0 Å². The molecule has 35 heavy (non-hydrogen) atoms. The molecular formula is C25H24N2O7S. The first-order chi connectivity index (χ1) is 16.9. The Hall–Kier alpha value is -4.05. The standard InChI is InChI=1S/C25H24N2O7S/c28-24(26-13-12-18-4-2-1-3-5-18)17-34-25(29)19-6-8-20(9-7-19)27-35(30,31)21-10-11-22-23(16-21)33-15-14-32-22/h1-11,16,27H,12-15,17H2,(H,26,28). The van der Waals surface area contributed by atoms with Crippen LogP contribution in [0.15, 0.2) is 77.7 Å². The molecule has 0 saturated carbocycles. The number of benzene rings is 3. The Bertz CT molecular complexity index is 1290. The fourth-order valence-electron chi connectivity index (χ4n) is 3.34. The first-order valence-electron chi connectivity index (χ1n) is 10.9. The lowest BCUT2D eigenvalue weighted by Gasteiger charge is -2.19. The Morgan fingerprint density at radius 2 is 1.60 bits per heavy atom. The number of fused-ring (bicyclic) bond motifs is 1. The van der Waals surface area contributed by atoms with Crippen molar-refractivity contribution < 1.29 is 32.2 Å². The van der Waals surface area contributed by atoms with Crippen LogP contribution >= 0.6 is 0 Å². The summed E-state index contributed by atoms with van der Waals surface area (Å²) in [4.78, 5) is 24.2. The van der Waals surface area contributed by atoms with E-state index in [1.807, 2.05) is 30.3 Å². The van der Waals surface area contributed by atoms with E-state index < -0.39 is 28.5 Å². The van der Waals surface area contributed by atoms with Crippen molar-refractivity contribution in [1.82, 2.24) is 5.32 Å². The monoisotopic (exact) mass is 496 g/mol. The molecule has 0 aliphatic carbocycles. The Kier molecular flexibility index (Phi) is 7.51. The van der Waals surface area contributed by atoms with Crippen molar-refractivity contribution >= 4 is 27.6 Å². The highest BCUT2D eigenvalue weighted by molar-refractivity contribution is 7.92. The number of ether oxygens (including phenoxy) is 3. The van der Waals surface area contributed by atoms with E-state index in [1.165, 1.54) is 36.4 Å². The van der Waals surface area contributed by atoms with Crippen LogP contribution in [0.25, 0.3) is 0 Å². The van der Waals surface area contributed by atoms with E-state index in [2.05, 4.69) is 10.0 Å². The summed E-state index contributed by atoms with van der Waals surface area (Å²) in [5.74, 6) is -0.244. The zero-order valence-electron chi connectivity index (χ0n) is 18.7. The number of hydrogen-bond donors (Lipinski definition) is 2. The Morgan fingerprint density at radius 3 is 2.34 bits per heavy atom. The average molecular weight is 497 g/mol. The molecule has 0 fully saturated rings. The summed E-state index contributed by atoms with van der Waals surface area (Å²) in [5, 5.41) is 2.70. The molecule has 0 atom stereocenters. The molecule has 4 rings (SSSR count). The van der Waals surface area contributed by atoms with Gasteiger partial charge in [-0.2, -0.15) is 0 Å². The van der Waals surface area contributed by atoms with Crippen LogP contribution in [0.5, 0.6) is 11.5 Å². The lowest BCUT2D eigenvalue weighted by molar-refractivity contribution is -0.124. The topological polar surface area (TPSA) is 120 Å². The lowest BCUT2D eigenvalue weighted by Crippen LogP contribution is -2.30. The van der Waals surface area contributed by atoms with Crippen molar-refractivity contribution in [1.29, 1.82) is 0 Å². The van der Waals surface area contributed by atoms with Crippen molar-refractivity contribution in [3.63, 3.8) is 0 Å². The lowest BCUT2D eigenvalue weighted by atomic mass is 10.1. The highest BCUT2D eigenvalue weighted by atomic mass is 32.2. The first-order valence-corrected chi connectivity index (χ1v) is 12.4. The molecule has 3 aromatic carbocycles. The molecule has 1 heterocycles. The van der Waals surface area contributed by atoms with Gasteiger partial charge in [-0.05, 0) is 48.4 Å². The number of esters is 1. The molecule has 1 amide bonds. The molecule has 0 radical (unpaired) electrons. The fourth-order valence-corrected chi connectivity index (χ4v) is 4.41. The Balaban J connectivity index is 1.27. The second-order valence-electron chi connectivity index (χ2n) is 7.65. The van der Waals surface area contributed by atoms with E-state index in [-0.39, 0.29) is 16.1 Å².